The molecule has 1 amide bonds. The lowest BCUT2D eigenvalue weighted by molar-refractivity contribution is -0.153. The molecule has 0 aliphatic carbocycles. The third kappa shape index (κ3) is 3.34. The molecule has 21 heavy (non-hydrogen) atoms. The molecule has 0 radical (unpaired) electrons. The second-order valence-electron chi connectivity index (χ2n) is 5.72. The van der Waals surface area contributed by atoms with Crippen LogP contribution in [0.25, 0.3) is 0 Å². The van der Waals surface area contributed by atoms with Crippen LogP contribution in [0, 0.1) is 11.3 Å². The molecule has 2 rings (SSSR count). The average Bonchev–Trinajstić information content (AvgIpc) is 2.46. The summed E-state index contributed by atoms with van der Waals surface area (Å²) >= 11 is 0. The van der Waals surface area contributed by atoms with Crippen molar-refractivity contribution in [1.29, 1.82) is 5.26 Å². The van der Waals surface area contributed by atoms with Crippen LogP contribution in [-0.2, 0) is 9.53 Å². The van der Waals surface area contributed by atoms with Gasteiger partial charge in [0.15, 0.2) is 6.10 Å². The highest BCUT2D eigenvalue weighted by Crippen LogP contribution is 2.23. The van der Waals surface area contributed by atoms with Crippen LogP contribution in [0.3, 0.4) is 0 Å². The number of para-hydroxylation sites is 1. The summed E-state index contributed by atoms with van der Waals surface area (Å²) in [6.07, 6.45) is -0.642. The predicted octanol–water partition coefficient (Wildman–Crippen LogP) is 1.96. The molecular weight excluding hydrogens is 268 g/mol. The summed E-state index contributed by atoms with van der Waals surface area (Å²) in [5.74, 6) is 0.350. The van der Waals surface area contributed by atoms with Crippen LogP contribution >= 0.6 is 0 Å². The van der Waals surface area contributed by atoms with Crippen LogP contribution in [-0.4, -0.2) is 42.2 Å². The SMILES string of the molecule is C[C@@H](Oc1ccccc1C#N)C(=O)N1CCOCC1(C)C. The first-order valence-electron chi connectivity index (χ1n) is 7.01. The molecule has 0 N–H and O–H groups in total. The van der Waals surface area contributed by atoms with Gasteiger partial charge in [0, 0.05) is 6.54 Å². The molecule has 5 nitrogen and oxygen atoms in total. The number of nitrogens with zero attached hydrogens (tertiary/aromatic N) is 2. The number of carbonyl (C=O) groups is 1. The number of rotatable bonds is 3. The van der Waals surface area contributed by atoms with Gasteiger partial charge >= 0.3 is 0 Å². The second kappa shape index (κ2) is 6.15. The van der Waals surface area contributed by atoms with Crippen molar-refractivity contribution in [2.45, 2.75) is 32.4 Å². The predicted molar refractivity (Wildman–Crippen MR) is 77.9 cm³/mol. The van der Waals surface area contributed by atoms with Crippen molar-refractivity contribution in [2.75, 3.05) is 19.8 Å². The molecular formula is C16H20N2O3. The van der Waals surface area contributed by atoms with E-state index in [9.17, 15) is 4.79 Å². The van der Waals surface area contributed by atoms with Crippen molar-refractivity contribution in [3.05, 3.63) is 29.8 Å². The fraction of sp³-hybridized carbons (Fsp3) is 0.500. The topological polar surface area (TPSA) is 62.6 Å². The van der Waals surface area contributed by atoms with Gasteiger partial charge in [-0.2, -0.15) is 5.26 Å². The van der Waals surface area contributed by atoms with Crippen LogP contribution < -0.4 is 4.74 Å². The van der Waals surface area contributed by atoms with Gasteiger partial charge in [-0.3, -0.25) is 4.79 Å². The molecule has 1 atom stereocenters. The molecule has 112 valence electrons. The Labute approximate surface area is 125 Å². The van der Waals surface area contributed by atoms with Crippen molar-refractivity contribution in [1.82, 2.24) is 4.90 Å². The van der Waals surface area contributed by atoms with Gasteiger partial charge in [0.25, 0.3) is 5.91 Å². The molecule has 1 saturated heterocycles. The molecule has 0 aromatic heterocycles. The van der Waals surface area contributed by atoms with E-state index in [2.05, 4.69) is 6.07 Å². The zero-order chi connectivity index (χ0) is 15.5. The smallest absolute Gasteiger partial charge is 0.263 e. The fourth-order valence-corrected chi connectivity index (χ4v) is 2.39. The van der Waals surface area contributed by atoms with E-state index in [0.717, 1.165) is 0 Å². The van der Waals surface area contributed by atoms with Gasteiger partial charge in [0.2, 0.25) is 0 Å². The molecule has 1 fully saturated rings. The maximum Gasteiger partial charge on any atom is 0.263 e. The highest BCUT2D eigenvalue weighted by molar-refractivity contribution is 5.81. The van der Waals surface area contributed by atoms with Gasteiger partial charge < -0.3 is 14.4 Å². The van der Waals surface area contributed by atoms with Gasteiger partial charge in [0.05, 0.1) is 24.3 Å². The summed E-state index contributed by atoms with van der Waals surface area (Å²) in [7, 11) is 0. The minimum absolute atomic E-state index is 0.0870. The summed E-state index contributed by atoms with van der Waals surface area (Å²) in [5, 5.41) is 9.06. The van der Waals surface area contributed by atoms with Crippen molar-refractivity contribution in [3.63, 3.8) is 0 Å². The maximum absolute atomic E-state index is 12.6. The number of nitriles is 1. The van der Waals surface area contributed by atoms with Crippen molar-refractivity contribution >= 4 is 5.91 Å². The minimum Gasteiger partial charge on any atom is -0.480 e. The molecule has 0 unspecified atom stereocenters. The third-order valence-electron chi connectivity index (χ3n) is 3.57. The highest BCUT2D eigenvalue weighted by Gasteiger charge is 2.36. The van der Waals surface area contributed by atoms with E-state index in [1.807, 2.05) is 13.8 Å². The zero-order valence-corrected chi connectivity index (χ0v) is 12.6. The highest BCUT2D eigenvalue weighted by atomic mass is 16.5. The quantitative estimate of drug-likeness (QED) is 0.853. The molecule has 5 heteroatoms. The largest absolute Gasteiger partial charge is 0.480 e. The van der Waals surface area contributed by atoms with Crippen LogP contribution in [0.15, 0.2) is 24.3 Å². The van der Waals surface area contributed by atoms with Crippen LogP contribution in [0.4, 0.5) is 0 Å². The number of hydrogen-bond acceptors (Lipinski definition) is 4. The number of morpholine rings is 1. The van der Waals surface area contributed by atoms with E-state index < -0.39 is 6.10 Å². The molecule has 0 spiro atoms. The zero-order valence-electron chi connectivity index (χ0n) is 12.6. The van der Waals surface area contributed by atoms with E-state index in [0.29, 0.717) is 31.1 Å². The standard InChI is InChI=1S/C16H20N2O3/c1-12(21-14-7-5-4-6-13(14)10-17)15(19)18-8-9-20-11-16(18,2)3/h4-7,12H,8-9,11H2,1-3H3/t12-/m1/s1. The number of hydrogen-bond donors (Lipinski definition) is 0. The van der Waals surface area contributed by atoms with Crippen LogP contribution in [0.1, 0.15) is 26.3 Å². The van der Waals surface area contributed by atoms with Crippen LogP contribution in [0.5, 0.6) is 5.75 Å². The summed E-state index contributed by atoms with van der Waals surface area (Å²) in [6.45, 7) is 7.26. The van der Waals surface area contributed by atoms with Gasteiger partial charge in [-0.25, -0.2) is 0 Å². The van der Waals surface area contributed by atoms with E-state index >= 15 is 0 Å². The molecule has 1 aromatic rings. The number of ether oxygens (including phenoxy) is 2. The summed E-state index contributed by atoms with van der Waals surface area (Å²) in [5.41, 5.74) is 0.0835. The Balaban J connectivity index is 2.11. The maximum atomic E-state index is 12.6. The summed E-state index contributed by atoms with van der Waals surface area (Å²) < 4.78 is 11.1. The molecule has 0 saturated carbocycles. The van der Waals surface area contributed by atoms with Gasteiger partial charge in [-0.05, 0) is 32.9 Å². The Morgan fingerprint density at radius 3 is 2.86 bits per heavy atom. The Kier molecular flexibility index (Phi) is 4.49. The monoisotopic (exact) mass is 288 g/mol. The lowest BCUT2D eigenvalue weighted by atomic mass is 10.0. The van der Waals surface area contributed by atoms with Crippen molar-refractivity contribution < 1.29 is 14.3 Å². The van der Waals surface area contributed by atoms with Crippen molar-refractivity contribution in [2.24, 2.45) is 0 Å². The molecule has 1 aliphatic rings. The normalized spacial score (nSPS) is 18.7. The Bertz CT molecular complexity index is 563. The number of carbonyl (C=O) groups excluding carboxylic acids is 1. The van der Waals surface area contributed by atoms with Gasteiger partial charge in [-0.15, -0.1) is 0 Å². The van der Waals surface area contributed by atoms with Crippen LogP contribution in [0.2, 0.25) is 0 Å². The van der Waals surface area contributed by atoms with E-state index in [1.165, 1.54) is 0 Å². The first-order chi connectivity index (χ1) is 9.95. The van der Waals surface area contributed by atoms with E-state index in [4.69, 9.17) is 14.7 Å². The molecule has 0 bridgehead atoms. The van der Waals surface area contributed by atoms with Gasteiger partial charge in [-0.1, -0.05) is 12.1 Å². The first kappa shape index (κ1) is 15.3. The van der Waals surface area contributed by atoms with Gasteiger partial charge in [0.1, 0.15) is 11.8 Å². The fourth-order valence-electron chi connectivity index (χ4n) is 2.39. The molecule has 1 aromatic carbocycles. The summed E-state index contributed by atoms with van der Waals surface area (Å²) in [6, 6.07) is 8.99. The van der Waals surface area contributed by atoms with Crippen molar-refractivity contribution in [3.8, 4) is 11.8 Å². The number of amides is 1. The van der Waals surface area contributed by atoms with E-state index in [-0.39, 0.29) is 11.4 Å². The number of benzene rings is 1. The Morgan fingerprint density at radius 1 is 1.48 bits per heavy atom. The lowest BCUT2D eigenvalue weighted by Crippen LogP contribution is -2.58. The average molecular weight is 288 g/mol. The first-order valence-corrected chi connectivity index (χ1v) is 7.01. The Hall–Kier alpha value is -2.06. The second-order valence-corrected chi connectivity index (χ2v) is 5.72. The molecule has 1 heterocycles. The minimum atomic E-state index is -0.642. The molecule has 1 aliphatic heterocycles. The Morgan fingerprint density at radius 2 is 2.19 bits per heavy atom. The third-order valence-corrected chi connectivity index (χ3v) is 3.57. The summed E-state index contributed by atoms with van der Waals surface area (Å²) in [4.78, 5) is 14.4. The lowest BCUT2D eigenvalue weighted by Gasteiger charge is -2.43. The van der Waals surface area contributed by atoms with E-state index in [1.54, 1.807) is 36.1 Å².